The lowest BCUT2D eigenvalue weighted by Gasteiger charge is -2.32. The predicted molar refractivity (Wildman–Crippen MR) is 90.2 cm³/mol. The number of hydrogen-bond donors (Lipinski definition) is 1. The first kappa shape index (κ1) is 16.0. The fourth-order valence-electron chi connectivity index (χ4n) is 3.30. The van der Waals surface area contributed by atoms with Crippen molar-refractivity contribution in [2.24, 2.45) is 5.92 Å². The van der Waals surface area contributed by atoms with Gasteiger partial charge in [-0.3, -0.25) is 4.79 Å². The standard InChI is InChI=1S/C18H25N3O2/c1-2-23-11-9-18(22)21-10-5-6-14(13-21)12-17-19-15-7-3-4-8-16(15)20-17/h3-4,7-8,14H,2,5-6,9-13H2,1H3,(H,19,20)/t14-/m1/s1. The van der Waals surface area contributed by atoms with Crippen LogP contribution in [-0.2, 0) is 16.0 Å². The summed E-state index contributed by atoms with van der Waals surface area (Å²) in [5.41, 5.74) is 2.10. The first-order chi connectivity index (χ1) is 11.3. The second kappa shape index (κ2) is 7.59. The van der Waals surface area contributed by atoms with E-state index in [1.54, 1.807) is 0 Å². The molecule has 5 nitrogen and oxygen atoms in total. The number of ether oxygens (including phenoxy) is 1. The van der Waals surface area contributed by atoms with Gasteiger partial charge in [0.05, 0.1) is 24.1 Å². The summed E-state index contributed by atoms with van der Waals surface area (Å²) < 4.78 is 5.29. The third-order valence-electron chi connectivity index (χ3n) is 4.46. The lowest BCUT2D eigenvalue weighted by atomic mass is 9.94. The molecule has 1 amide bonds. The SMILES string of the molecule is CCOCCC(=O)N1CCC[C@H](Cc2nc3ccccc3[nH]2)C1. The van der Waals surface area contributed by atoms with Crippen LogP contribution in [-0.4, -0.2) is 47.1 Å². The molecular formula is C18H25N3O2. The summed E-state index contributed by atoms with van der Waals surface area (Å²) in [5, 5.41) is 0. The highest BCUT2D eigenvalue weighted by Crippen LogP contribution is 2.21. The van der Waals surface area contributed by atoms with Crippen molar-refractivity contribution in [3.8, 4) is 0 Å². The molecule has 1 atom stereocenters. The quantitative estimate of drug-likeness (QED) is 0.834. The molecule has 0 unspecified atom stereocenters. The number of hydrogen-bond acceptors (Lipinski definition) is 3. The number of amides is 1. The number of aromatic nitrogens is 2. The fourth-order valence-corrected chi connectivity index (χ4v) is 3.30. The molecule has 5 heteroatoms. The van der Waals surface area contributed by atoms with Crippen LogP contribution in [0.5, 0.6) is 0 Å². The highest BCUT2D eigenvalue weighted by molar-refractivity contribution is 5.76. The lowest BCUT2D eigenvalue weighted by molar-refractivity contribution is -0.134. The van der Waals surface area contributed by atoms with Crippen molar-refractivity contribution in [3.63, 3.8) is 0 Å². The van der Waals surface area contributed by atoms with Crippen LogP contribution in [0.1, 0.15) is 32.0 Å². The molecule has 23 heavy (non-hydrogen) atoms. The number of H-pyrrole nitrogens is 1. The number of rotatable bonds is 6. The van der Waals surface area contributed by atoms with Crippen LogP contribution in [0.25, 0.3) is 11.0 Å². The number of piperidine rings is 1. The van der Waals surface area contributed by atoms with Crippen molar-refractivity contribution in [2.45, 2.75) is 32.6 Å². The summed E-state index contributed by atoms with van der Waals surface area (Å²) in [5.74, 6) is 1.73. The van der Waals surface area contributed by atoms with Gasteiger partial charge in [0.25, 0.3) is 0 Å². The topological polar surface area (TPSA) is 58.2 Å². The zero-order valence-electron chi connectivity index (χ0n) is 13.8. The molecule has 2 heterocycles. The van der Waals surface area contributed by atoms with Gasteiger partial charge in [0.2, 0.25) is 5.91 Å². The second-order valence-corrected chi connectivity index (χ2v) is 6.20. The Balaban J connectivity index is 1.56. The highest BCUT2D eigenvalue weighted by atomic mass is 16.5. The van der Waals surface area contributed by atoms with E-state index in [0.29, 0.717) is 25.6 Å². The monoisotopic (exact) mass is 315 g/mol. The van der Waals surface area contributed by atoms with E-state index in [-0.39, 0.29) is 5.91 Å². The molecule has 1 N–H and O–H groups in total. The molecule has 0 bridgehead atoms. The molecule has 1 fully saturated rings. The van der Waals surface area contributed by atoms with Gasteiger partial charge in [-0.25, -0.2) is 4.98 Å². The molecule has 1 saturated heterocycles. The van der Waals surface area contributed by atoms with Crippen molar-refractivity contribution in [1.82, 2.24) is 14.9 Å². The summed E-state index contributed by atoms with van der Waals surface area (Å²) in [6.07, 6.45) is 3.63. The molecule has 1 aromatic carbocycles. The van der Waals surface area contributed by atoms with Crippen LogP contribution < -0.4 is 0 Å². The van der Waals surface area contributed by atoms with Gasteiger partial charge in [0.1, 0.15) is 5.82 Å². The molecule has 2 aromatic rings. The number of imidazole rings is 1. The zero-order valence-corrected chi connectivity index (χ0v) is 13.8. The van der Waals surface area contributed by atoms with Crippen LogP contribution in [0.3, 0.4) is 0 Å². The third kappa shape index (κ3) is 4.10. The molecule has 0 saturated carbocycles. The van der Waals surface area contributed by atoms with Gasteiger partial charge in [-0.1, -0.05) is 12.1 Å². The van der Waals surface area contributed by atoms with Crippen molar-refractivity contribution in [2.75, 3.05) is 26.3 Å². The van der Waals surface area contributed by atoms with E-state index in [4.69, 9.17) is 4.74 Å². The number of aromatic amines is 1. The van der Waals surface area contributed by atoms with Crippen molar-refractivity contribution in [3.05, 3.63) is 30.1 Å². The minimum absolute atomic E-state index is 0.216. The number of nitrogens with one attached hydrogen (secondary N) is 1. The number of para-hydroxylation sites is 2. The molecule has 1 aliphatic rings. The predicted octanol–water partition coefficient (Wildman–Crippen LogP) is 2.77. The normalized spacial score (nSPS) is 18.5. The van der Waals surface area contributed by atoms with Gasteiger partial charge < -0.3 is 14.6 Å². The van der Waals surface area contributed by atoms with E-state index < -0.39 is 0 Å². The molecule has 0 aliphatic carbocycles. The number of carbonyl (C=O) groups is 1. The number of carbonyl (C=O) groups excluding carboxylic acids is 1. The molecular weight excluding hydrogens is 290 g/mol. The van der Waals surface area contributed by atoms with E-state index in [1.807, 2.05) is 30.0 Å². The molecule has 1 aromatic heterocycles. The number of fused-ring (bicyclic) bond motifs is 1. The van der Waals surface area contributed by atoms with Crippen LogP contribution >= 0.6 is 0 Å². The fraction of sp³-hybridized carbons (Fsp3) is 0.556. The third-order valence-corrected chi connectivity index (χ3v) is 4.46. The maximum absolute atomic E-state index is 12.2. The Kier molecular flexibility index (Phi) is 5.28. The van der Waals surface area contributed by atoms with Gasteiger partial charge in [-0.2, -0.15) is 0 Å². The van der Waals surface area contributed by atoms with Gasteiger partial charge in [0.15, 0.2) is 0 Å². The average Bonchev–Trinajstić information content (AvgIpc) is 2.97. The van der Waals surface area contributed by atoms with Crippen molar-refractivity contribution >= 4 is 16.9 Å². The summed E-state index contributed by atoms with van der Waals surface area (Å²) in [6.45, 7) is 4.86. The number of benzene rings is 1. The second-order valence-electron chi connectivity index (χ2n) is 6.20. The van der Waals surface area contributed by atoms with E-state index in [9.17, 15) is 4.79 Å². The van der Waals surface area contributed by atoms with E-state index in [0.717, 1.165) is 49.2 Å². The van der Waals surface area contributed by atoms with Gasteiger partial charge in [-0.05, 0) is 37.8 Å². The Morgan fingerprint density at radius 2 is 2.30 bits per heavy atom. The molecule has 3 rings (SSSR count). The highest BCUT2D eigenvalue weighted by Gasteiger charge is 2.24. The minimum Gasteiger partial charge on any atom is -0.381 e. The first-order valence-corrected chi connectivity index (χ1v) is 8.55. The Hall–Kier alpha value is -1.88. The average molecular weight is 315 g/mol. The minimum atomic E-state index is 0.216. The zero-order chi connectivity index (χ0) is 16.1. The Morgan fingerprint density at radius 1 is 1.43 bits per heavy atom. The van der Waals surface area contributed by atoms with E-state index in [1.165, 1.54) is 0 Å². The van der Waals surface area contributed by atoms with E-state index in [2.05, 4.69) is 16.0 Å². The molecule has 0 spiro atoms. The van der Waals surface area contributed by atoms with Crippen LogP contribution in [0, 0.1) is 5.92 Å². The maximum Gasteiger partial charge on any atom is 0.224 e. The van der Waals surface area contributed by atoms with E-state index >= 15 is 0 Å². The smallest absolute Gasteiger partial charge is 0.224 e. The summed E-state index contributed by atoms with van der Waals surface area (Å²) in [6, 6.07) is 8.10. The van der Waals surface area contributed by atoms with Gasteiger partial charge in [-0.15, -0.1) is 0 Å². The largest absolute Gasteiger partial charge is 0.381 e. The maximum atomic E-state index is 12.2. The summed E-state index contributed by atoms with van der Waals surface area (Å²) in [7, 11) is 0. The Bertz CT molecular complexity index is 620. The summed E-state index contributed by atoms with van der Waals surface area (Å²) >= 11 is 0. The van der Waals surface area contributed by atoms with Crippen LogP contribution in [0.15, 0.2) is 24.3 Å². The van der Waals surface area contributed by atoms with Crippen molar-refractivity contribution < 1.29 is 9.53 Å². The van der Waals surface area contributed by atoms with Crippen LogP contribution in [0.4, 0.5) is 0 Å². The molecule has 1 aliphatic heterocycles. The molecule has 0 radical (unpaired) electrons. The van der Waals surface area contributed by atoms with Crippen molar-refractivity contribution in [1.29, 1.82) is 0 Å². The molecule has 124 valence electrons. The lowest BCUT2D eigenvalue weighted by Crippen LogP contribution is -2.41. The summed E-state index contributed by atoms with van der Waals surface area (Å²) in [4.78, 5) is 22.3. The number of likely N-dealkylation sites (tertiary alicyclic amines) is 1. The Morgan fingerprint density at radius 3 is 3.13 bits per heavy atom. The van der Waals surface area contributed by atoms with Gasteiger partial charge in [0, 0.05) is 26.1 Å². The number of nitrogens with zero attached hydrogens (tertiary/aromatic N) is 2. The first-order valence-electron chi connectivity index (χ1n) is 8.55. The van der Waals surface area contributed by atoms with Crippen LogP contribution in [0.2, 0.25) is 0 Å². The Labute approximate surface area is 137 Å². The van der Waals surface area contributed by atoms with Gasteiger partial charge >= 0.3 is 0 Å².